The summed E-state index contributed by atoms with van der Waals surface area (Å²) >= 11 is 0. The molecule has 0 fully saturated rings. The van der Waals surface area contributed by atoms with Crippen molar-refractivity contribution in [3.05, 3.63) is 155 Å². The molecule has 0 aliphatic heterocycles. The number of aromatic nitrogens is 1. The van der Waals surface area contributed by atoms with Crippen LogP contribution in [0.15, 0.2) is 121 Å². The molecule has 238 valence electrons. The summed E-state index contributed by atoms with van der Waals surface area (Å²) in [6.45, 7) is 5.14. The topological polar surface area (TPSA) is 52.5 Å². The lowest BCUT2D eigenvalue weighted by molar-refractivity contribution is 0.0472. The van der Waals surface area contributed by atoms with Gasteiger partial charge in [0.25, 0.3) is 0 Å². The molecular weight excluding hydrogens is 594 g/mol. The zero-order valence-electron chi connectivity index (χ0n) is 26.6. The van der Waals surface area contributed by atoms with Crippen LogP contribution in [0.2, 0.25) is 0 Å². The molecule has 0 atom stereocenters. The van der Waals surface area contributed by atoms with E-state index in [4.69, 9.17) is 9.47 Å². The van der Waals surface area contributed by atoms with Crippen LogP contribution in [0.4, 0.5) is 14.5 Å². The molecule has 0 unspecified atom stereocenters. The number of esters is 1. The Bertz CT molecular complexity index is 1990. The summed E-state index contributed by atoms with van der Waals surface area (Å²) in [5.74, 6) is -1.15. The summed E-state index contributed by atoms with van der Waals surface area (Å²) in [5, 5.41) is 4.33. The second kappa shape index (κ2) is 13.6. The number of methoxy groups -OCH3 is 1. The van der Waals surface area contributed by atoms with Gasteiger partial charge in [0.2, 0.25) is 0 Å². The van der Waals surface area contributed by atoms with Crippen LogP contribution >= 0.6 is 0 Å². The number of ether oxygens (including phenoxy) is 2. The van der Waals surface area contributed by atoms with Crippen LogP contribution in [-0.2, 0) is 28.0 Å². The quantitative estimate of drug-likeness (QED) is 0.145. The molecule has 0 saturated heterocycles. The van der Waals surface area contributed by atoms with Gasteiger partial charge in [-0.25, -0.2) is 13.6 Å². The average molecular weight is 631 g/mol. The van der Waals surface area contributed by atoms with Gasteiger partial charge in [0, 0.05) is 47.1 Å². The first kappa shape index (κ1) is 31.7. The lowest BCUT2D eigenvalue weighted by Gasteiger charge is -2.28. The van der Waals surface area contributed by atoms with Crippen LogP contribution < -0.4 is 5.32 Å². The molecule has 7 heteroatoms. The number of carbonyl (C=O) groups is 1. The lowest BCUT2D eigenvalue weighted by atomic mass is 9.84. The predicted molar refractivity (Wildman–Crippen MR) is 183 cm³/mol. The first-order chi connectivity index (χ1) is 22.7. The Hall–Kier alpha value is -5.27. The van der Waals surface area contributed by atoms with E-state index in [9.17, 15) is 9.18 Å². The van der Waals surface area contributed by atoms with Gasteiger partial charge in [-0.2, -0.15) is 0 Å². The third-order valence-corrected chi connectivity index (χ3v) is 8.21. The van der Waals surface area contributed by atoms with E-state index in [0.717, 1.165) is 33.3 Å². The molecule has 1 N–H and O–H groups in total. The third-order valence-electron chi connectivity index (χ3n) is 8.21. The molecular formula is C40H36F2N2O3. The lowest BCUT2D eigenvalue weighted by Crippen LogP contribution is -2.27. The zero-order valence-corrected chi connectivity index (χ0v) is 26.6. The number of benzene rings is 5. The van der Waals surface area contributed by atoms with Crippen molar-refractivity contribution in [1.82, 2.24) is 4.57 Å². The van der Waals surface area contributed by atoms with Crippen LogP contribution in [0, 0.1) is 11.6 Å². The molecule has 1 heterocycles. The number of rotatable bonds is 11. The maximum absolute atomic E-state index is 15.5. The fourth-order valence-corrected chi connectivity index (χ4v) is 6.10. The highest BCUT2D eigenvalue weighted by Gasteiger charge is 2.33. The first-order valence-electron chi connectivity index (χ1n) is 15.5. The van der Waals surface area contributed by atoms with Gasteiger partial charge in [-0.1, -0.05) is 86.6 Å². The van der Waals surface area contributed by atoms with Crippen molar-refractivity contribution in [3.63, 3.8) is 0 Å². The minimum atomic E-state index is -0.561. The third kappa shape index (κ3) is 6.81. The SMILES string of the molecule is COCC(C)(C)c1c(-c2ccc(COC(=O)c3ccccc3)cc2)c2c(NCc3ccccc3)cc(F)cc2n1-c1ccc(F)cc1. The first-order valence-corrected chi connectivity index (χ1v) is 15.5. The van der Waals surface area contributed by atoms with Crippen molar-refractivity contribution in [2.24, 2.45) is 0 Å². The van der Waals surface area contributed by atoms with Gasteiger partial charge in [-0.3, -0.25) is 0 Å². The summed E-state index contributed by atoms with van der Waals surface area (Å²) in [6, 6.07) is 36.0. The highest BCUT2D eigenvalue weighted by molar-refractivity contribution is 6.07. The molecule has 6 aromatic rings. The Labute approximate surface area is 273 Å². The Morgan fingerprint density at radius 2 is 1.45 bits per heavy atom. The van der Waals surface area contributed by atoms with Crippen LogP contribution in [0.5, 0.6) is 0 Å². The largest absolute Gasteiger partial charge is 0.457 e. The van der Waals surface area contributed by atoms with Crippen LogP contribution in [-0.4, -0.2) is 24.3 Å². The maximum Gasteiger partial charge on any atom is 0.338 e. The van der Waals surface area contributed by atoms with E-state index < -0.39 is 17.2 Å². The van der Waals surface area contributed by atoms with Gasteiger partial charge in [0.1, 0.15) is 18.2 Å². The zero-order chi connectivity index (χ0) is 33.0. The van der Waals surface area contributed by atoms with Crippen molar-refractivity contribution >= 4 is 22.6 Å². The predicted octanol–water partition coefficient (Wildman–Crippen LogP) is 9.47. The van der Waals surface area contributed by atoms with Gasteiger partial charge in [0.05, 0.1) is 17.7 Å². The highest BCUT2D eigenvalue weighted by atomic mass is 19.1. The minimum Gasteiger partial charge on any atom is -0.457 e. The molecule has 1 aromatic heterocycles. The fraction of sp³-hybridized carbons (Fsp3) is 0.175. The van der Waals surface area contributed by atoms with Crippen molar-refractivity contribution < 1.29 is 23.0 Å². The summed E-state index contributed by atoms with van der Waals surface area (Å²) in [7, 11) is 1.66. The van der Waals surface area contributed by atoms with Gasteiger partial charge < -0.3 is 19.4 Å². The number of nitrogens with zero attached hydrogens (tertiary/aromatic N) is 1. The van der Waals surface area contributed by atoms with Gasteiger partial charge in [0.15, 0.2) is 0 Å². The molecule has 0 saturated carbocycles. The number of anilines is 1. The summed E-state index contributed by atoms with van der Waals surface area (Å²) in [4.78, 5) is 12.6. The average Bonchev–Trinajstić information content (AvgIpc) is 3.43. The Kier molecular flexibility index (Phi) is 9.18. The summed E-state index contributed by atoms with van der Waals surface area (Å²) in [6.07, 6.45) is 0. The number of carbonyl (C=O) groups excluding carboxylic acids is 1. The van der Waals surface area contributed by atoms with E-state index in [1.54, 1.807) is 43.5 Å². The Morgan fingerprint density at radius 1 is 0.787 bits per heavy atom. The smallest absolute Gasteiger partial charge is 0.338 e. The molecule has 0 amide bonds. The summed E-state index contributed by atoms with van der Waals surface area (Å²) < 4.78 is 43.0. The standard InChI is InChI=1S/C40H36F2N2O3/c1-40(2,26-46-3)38-36(29-16-14-28(15-17-29)25-47-39(45)30-12-8-5-9-13-30)37-34(43-24-27-10-6-4-7-11-27)22-32(42)23-35(37)44(38)33-20-18-31(41)19-21-33/h4-23,43H,24-26H2,1-3H3. The molecule has 0 aliphatic carbocycles. The Morgan fingerprint density at radius 3 is 2.11 bits per heavy atom. The summed E-state index contributed by atoms with van der Waals surface area (Å²) in [5.41, 5.74) is 6.46. The number of fused-ring (bicyclic) bond motifs is 1. The minimum absolute atomic E-state index is 0.114. The molecule has 6 rings (SSSR count). The van der Waals surface area contributed by atoms with E-state index in [-0.39, 0.29) is 12.4 Å². The normalized spacial score (nSPS) is 11.5. The number of nitrogens with one attached hydrogen (secondary N) is 1. The van der Waals surface area contributed by atoms with Crippen molar-refractivity contribution in [2.45, 2.75) is 32.4 Å². The highest BCUT2D eigenvalue weighted by Crippen LogP contribution is 2.46. The van der Waals surface area contributed by atoms with Gasteiger partial charge in [-0.05, 0) is 65.2 Å². The fourth-order valence-electron chi connectivity index (χ4n) is 6.10. The molecule has 0 radical (unpaired) electrons. The van der Waals surface area contributed by atoms with Crippen molar-refractivity contribution in [1.29, 1.82) is 0 Å². The van der Waals surface area contributed by atoms with Crippen molar-refractivity contribution in [2.75, 3.05) is 19.0 Å². The number of hydrogen-bond acceptors (Lipinski definition) is 4. The van der Waals surface area contributed by atoms with E-state index >= 15 is 4.39 Å². The molecule has 0 aliphatic rings. The second-order valence-electron chi connectivity index (χ2n) is 12.2. The van der Waals surface area contributed by atoms with Gasteiger partial charge in [-0.15, -0.1) is 0 Å². The molecule has 5 aromatic carbocycles. The molecule has 0 spiro atoms. The molecule has 0 bridgehead atoms. The van der Waals surface area contributed by atoms with Crippen LogP contribution in [0.3, 0.4) is 0 Å². The van der Waals surface area contributed by atoms with Gasteiger partial charge >= 0.3 is 5.97 Å². The monoisotopic (exact) mass is 630 g/mol. The second-order valence-corrected chi connectivity index (χ2v) is 12.2. The number of halogens is 2. The maximum atomic E-state index is 15.5. The number of hydrogen-bond donors (Lipinski definition) is 1. The van der Waals surface area contributed by atoms with Crippen LogP contribution in [0.1, 0.15) is 41.0 Å². The molecule has 5 nitrogen and oxygen atoms in total. The van der Waals surface area contributed by atoms with E-state index in [2.05, 4.69) is 19.2 Å². The van der Waals surface area contributed by atoms with E-state index in [1.807, 2.05) is 65.2 Å². The van der Waals surface area contributed by atoms with E-state index in [0.29, 0.717) is 35.6 Å². The Balaban J connectivity index is 1.51. The van der Waals surface area contributed by atoms with E-state index in [1.165, 1.54) is 24.3 Å². The molecule has 47 heavy (non-hydrogen) atoms. The van der Waals surface area contributed by atoms with Crippen molar-refractivity contribution in [3.8, 4) is 16.8 Å². The van der Waals surface area contributed by atoms with Crippen LogP contribution in [0.25, 0.3) is 27.7 Å².